The van der Waals surface area contributed by atoms with Crippen LogP contribution < -0.4 is 10.1 Å². The lowest BCUT2D eigenvalue weighted by atomic mass is 10.1. The predicted octanol–water partition coefficient (Wildman–Crippen LogP) is 2.70. The normalized spacial score (nSPS) is 10.5. The second-order valence-corrected chi connectivity index (χ2v) is 5.79. The molecule has 0 radical (unpaired) electrons. The maximum atomic E-state index is 12.3. The van der Waals surface area contributed by atoms with Gasteiger partial charge in [0.25, 0.3) is 5.91 Å². The summed E-state index contributed by atoms with van der Waals surface area (Å²) in [5.41, 5.74) is 1.87. The first-order chi connectivity index (χ1) is 13.0. The van der Waals surface area contributed by atoms with Gasteiger partial charge in [0.15, 0.2) is 11.5 Å². The Kier molecular flexibility index (Phi) is 5.25. The van der Waals surface area contributed by atoms with E-state index in [2.05, 4.69) is 15.5 Å². The van der Waals surface area contributed by atoms with E-state index in [-0.39, 0.29) is 18.1 Å². The highest BCUT2D eigenvalue weighted by Crippen LogP contribution is 2.22. The van der Waals surface area contributed by atoms with Crippen LogP contribution in [0.25, 0.3) is 11.5 Å². The summed E-state index contributed by atoms with van der Waals surface area (Å²) >= 11 is 0. The summed E-state index contributed by atoms with van der Waals surface area (Å²) in [4.78, 5) is 24.2. The van der Waals surface area contributed by atoms with Gasteiger partial charge in [0.1, 0.15) is 22.8 Å². The van der Waals surface area contributed by atoms with E-state index in [4.69, 9.17) is 13.9 Å². The van der Waals surface area contributed by atoms with E-state index in [1.54, 1.807) is 30.3 Å². The van der Waals surface area contributed by atoms with E-state index in [9.17, 15) is 9.59 Å². The molecule has 140 valence electrons. The van der Waals surface area contributed by atoms with Crippen molar-refractivity contribution < 1.29 is 23.5 Å². The third-order valence-electron chi connectivity index (χ3n) is 3.94. The zero-order chi connectivity index (χ0) is 19.4. The van der Waals surface area contributed by atoms with Gasteiger partial charge in [-0.05, 0) is 36.8 Å². The number of aryl methyl sites for hydroxylation is 1. The van der Waals surface area contributed by atoms with Gasteiger partial charge in [-0.1, -0.05) is 6.07 Å². The highest BCUT2D eigenvalue weighted by molar-refractivity contribution is 5.94. The van der Waals surface area contributed by atoms with Crippen LogP contribution in [0.1, 0.15) is 32.2 Å². The first-order valence-electron chi connectivity index (χ1n) is 8.17. The summed E-state index contributed by atoms with van der Waals surface area (Å²) in [6.45, 7) is 2.06. The number of furan rings is 1. The molecule has 3 rings (SSSR count). The molecule has 27 heavy (non-hydrogen) atoms. The maximum absolute atomic E-state index is 12.3. The molecule has 1 amide bonds. The van der Waals surface area contributed by atoms with Crippen molar-refractivity contribution in [1.29, 1.82) is 0 Å². The van der Waals surface area contributed by atoms with Crippen LogP contribution >= 0.6 is 0 Å². The van der Waals surface area contributed by atoms with Crippen molar-refractivity contribution in [2.24, 2.45) is 0 Å². The Morgan fingerprint density at radius 1 is 1.19 bits per heavy atom. The Morgan fingerprint density at radius 2 is 2.00 bits per heavy atom. The monoisotopic (exact) mass is 369 g/mol. The number of carbonyl (C=O) groups excluding carboxylic acids is 2. The van der Waals surface area contributed by atoms with Gasteiger partial charge in [0, 0.05) is 12.6 Å². The van der Waals surface area contributed by atoms with Crippen LogP contribution in [0.4, 0.5) is 0 Å². The average Bonchev–Trinajstić information content (AvgIpc) is 3.34. The fraction of sp³-hybridized carbons (Fsp3) is 0.211. The number of rotatable bonds is 6. The molecule has 0 bridgehead atoms. The van der Waals surface area contributed by atoms with Crippen LogP contribution in [0.15, 0.2) is 40.8 Å². The summed E-state index contributed by atoms with van der Waals surface area (Å²) in [5.74, 6) is 0.924. The molecule has 1 aromatic carbocycles. The van der Waals surface area contributed by atoms with Crippen LogP contribution in [0.5, 0.6) is 5.75 Å². The molecule has 8 heteroatoms. The minimum atomic E-state index is -0.509. The predicted molar refractivity (Wildman–Crippen MR) is 96.5 cm³/mol. The van der Waals surface area contributed by atoms with Crippen molar-refractivity contribution in [3.63, 3.8) is 0 Å². The first kappa shape index (κ1) is 18.2. The van der Waals surface area contributed by atoms with Crippen molar-refractivity contribution in [3.05, 3.63) is 59.0 Å². The second-order valence-electron chi connectivity index (χ2n) is 5.79. The van der Waals surface area contributed by atoms with Crippen molar-refractivity contribution in [3.8, 4) is 17.2 Å². The summed E-state index contributed by atoms with van der Waals surface area (Å²) in [5, 5.41) is 9.55. The smallest absolute Gasteiger partial charge is 0.341 e. The van der Waals surface area contributed by atoms with E-state index >= 15 is 0 Å². The van der Waals surface area contributed by atoms with Gasteiger partial charge < -0.3 is 19.2 Å². The Bertz CT molecular complexity index is 973. The first-order valence-corrected chi connectivity index (χ1v) is 8.17. The molecule has 0 aliphatic rings. The van der Waals surface area contributed by atoms with Crippen LogP contribution in [0.3, 0.4) is 0 Å². The number of ether oxygens (including phenoxy) is 2. The van der Waals surface area contributed by atoms with Gasteiger partial charge in [0.2, 0.25) is 0 Å². The number of amides is 1. The number of aromatic nitrogens is 2. The molecule has 0 aliphatic carbocycles. The zero-order valence-electron chi connectivity index (χ0n) is 15.2. The fourth-order valence-corrected chi connectivity index (χ4v) is 2.55. The Balaban J connectivity index is 1.69. The van der Waals surface area contributed by atoms with Crippen molar-refractivity contribution in [2.75, 3.05) is 14.2 Å². The van der Waals surface area contributed by atoms with Crippen molar-refractivity contribution >= 4 is 11.9 Å². The van der Waals surface area contributed by atoms with Gasteiger partial charge in [0.05, 0.1) is 14.2 Å². The highest BCUT2D eigenvalue weighted by Gasteiger charge is 2.15. The molecule has 0 saturated carbocycles. The molecule has 0 spiro atoms. The number of aromatic amines is 1. The number of nitrogens with zero attached hydrogens (tertiary/aromatic N) is 1. The average molecular weight is 369 g/mol. The SMILES string of the molecule is COC(=O)c1cc(CNC(=O)c2cc(-c3ccc(C)o3)[nH]n2)ccc1OC. The van der Waals surface area contributed by atoms with Crippen LogP contribution in [0, 0.1) is 6.92 Å². The quantitative estimate of drug-likeness (QED) is 0.647. The lowest BCUT2D eigenvalue weighted by Gasteiger charge is -2.09. The molecule has 0 atom stereocenters. The van der Waals surface area contributed by atoms with Crippen molar-refractivity contribution in [1.82, 2.24) is 15.5 Å². The molecule has 3 aromatic rings. The van der Waals surface area contributed by atoms with Gasteiger partial charge in [-0.25, -0.2) is 4.79 Å². The van der Waals surface area contributed by atoms with E-state index in [0.717, 1.165) is 11.3 Å². The number of methoxy groups -OCH3 is 2. The van der Waals surface area contributed by atoms with Crippen LogP contribution in [0.2, 0.25) is 0 Å². The molecule has 0 aliphatic heterocycles. The molecule has 8 nitrogen and oxygen atoms in total. The van der Waals surface area contributed by atoms with E-state index < -0.39 is 5.97 Å². The number of hydrogen-bond acceptors (Lipinski definition) is 6. The molecule has 2 N–H and O–H groups in total. The number of carbonyl (C=O) groups is 2. The number of nitrogens with one attached hydrogen (secondary N) is 2. The topological polar surface area (TPSA) is 106 Å². The molecule has 0 saturated heterocycles. The third kappa shape index (κ3) is 4.00. The minimum absolute atomic E-state index is 0.217. The van der Waals surface area contributed by atoms with Crippen molar-refractivity contribution in [2.45, 2.75) is 13.5 Å². The molecule has 2 heterocycles. The number of hydrogen-bond donors (Lipinski definition) is 2. The van der Waals surface area contributed by atoms with Gasteiger partial charge >= 0.3 is 5.97 Å². The fourth-order valence-electron chi connectivity index (χ4n) is 2.55. The summed E-state index contributed by atoms with van der Waals surface area (Å²) in [6, 6.07) is 10.3. The minimum Gasteiger partial charge on any atom is -0.496 e. The molecule has 2 aromatic heterocycles. The zero-order valence-corrected chi connectivity index (χ0v) is 15.2. The molecule has 0 unspecified atom stereocenters. The van der Waals surface area contributed by atoms with Gasteiger partial charge in [-0.15, -0.1) is 0 Å². The molecule has 0 fully saturated rings. The second kappa shape index (κ2) is 7.77. The summed E-state index contributed by atoms with van der Waals surface area (Å²) in [6.07, 6.45) is 0. The van der Waals surface area contributed by atoms with E-state index in [1.165, 1.54) is 14.2 Å². The summed E-state index contributed by atoms with van der Waals surface area (Å²) in [7, 11) is 2.77. The third-order valence-corrected chi connectivity index (χ3v) is 3.94. The van der Waals surface area contributed by atoms with Gasteiger partial charge in [-0.2, -0.15) is 5.10 Å². The van der Waals surface area contributed by atoms with E-state index in [0.29, 0.717) is 22.8 Å². The molecular formula is C19H19N3O5. The lowest BCUT2D eigenvalue weighted by molar-refractivity contribution is 0.0597. The van der Waals surface area contributed by atoms with Gasteiger partial charge in [-0.3, -0.25) is 9.89 Å². The Labute approximate surface area is 155 Å². The Morgan fingerprint density at radius 3 is 2.67 bits per heavy atom. The lowest BCUT2D eigenvalue weighted by Crippen LogP contribution is -2.23. The highest BCUT2D eigenvalue weighted by atomic mass is 16.5. The molecular weight excluding hydrogens is 350 g/mol. The number of benzene rings is 1. The Hall–Kier alpha value is -3.55. The summed E-state index contributed by atoms with van der Waals surface area (Å²) < 4.78 is 15.4. The van der Waals surface area contributed by atoms with Crippen LogP contribution in [-0.2, 0) is 11.3 Å². The number of esters is 1. The number of H-pyrrole nitrogens is 1. The maximum Gasteiger partial charge on any atom is 0.341 e. The van der Waals surface area contributed by atoms with E-state index in [1.807, 2.05) is 13.0 Å². The van der Waals surface area contributed by atoms with Crippen LogP contribution in [-0.4, -0.2) is 36.3 Å². The largest absolute Gasteiger partial charge is 0.496 e. The standard InChI is InChI=1S/C19H19N3O5/c1-11-4-6-17(27-11)14-9-15(22-21-14)18(23)20-10-12-5-7-16(25-2)13(8-12)19(24)26-3/h4-9H,10H2,1-3H3,(H,20,23)(H,21,22).